The van der Waals surface area contributed by atoms with Crippen LogP contribution in [0.15, 0.2) is 0 Å². The maximum absolute atomic E-state index is 9.64. The molecule has 0 fully saturated rings. The average molecular weight is 106 g/mol. The van der Waals surface area contributed by atoms with Crippen molar-refractivity contribution in [3.8, 4) is 0 Å². The van der Waals surface area contributed by atoms with Crippen LogP contribution >= 0.6 is 0 Å². The molecule has 0 bridgehead atoms. The van der Waals surface area contributed by atoms with Crippen molar-refractivity contribution < 1.29 is 15.0 Å². The van der Waals surface area contributed by atoms with Crippen molar-refractivity contribution in [3.05, 3.63) is 0 Å². The minimum Gasteiger partial charge on any atom is -0.362 e. The summed E-state index contributed by atoms with van der Waals surface area (Å²) in [5, 5.41) is 15.7. The van der Waals surface area contributed by atoms with E-state index < -0.39 is 12.1 Å². The van der Waals surface area contributed by atoms with Crippen LogP contribution in [-0.2, 0) is 4.79 Å². The van der Waals surface area contributed by atoms with Gasteiger partial charge in [0.1, 0.15) is 0 Å². The second kappa shape index (κ2) is 3.77. The van der Waals surface area contributed by atoms with Crippen molar-refractivity contribution in [2.45, 2.75) is 20.6 Å². The van der Waals surface area contributed by atoms with E-state index >= 15 is 0 Å². The Bertz CT molecular complexity index is 58.0. The predicted molar refractivity (Wildman–Crippen MR) is 25.6 cm³/mol. The van der Waals surface area contributed by atoms with E-state index in [9.17, 15) is 4.79 Å². The predicted octanol–water partition coefficient (Wildman–Crippen LogP) is -0.478. The Hall–Kier alpha value is -0.410. The average Bonchev–Trinajstić information content (AvgIpc) is 1.36. The van der Waals surface area contributed by atoms with Crippen molar-refractivity contribution >= 4 is 5.78 Å². The van der Waals surface area contributed by atoms with Gasteiger partial charge in [-0.3, -0.25) is 4.79 Å². The molecule has 0 spiro atoms. The molecule has 7 heavy (non-hydrogen) atoms. The van der Waals surface area contributed by atoms with Crippen LogP contribution in [0.1, 0.15) is 14.4 Å². The minimum atomic E-state index is -1.79. The third-order valence-electron chi connectivity index (χ3n) is 0.364. The van der Waals surface area contributed by atoms with Gasteiger partial charge in [0.05, 0.1) is 0 Å². The maximum atomic E-state index is 9.64. The van der Waals surface area contributed by atoms with Crippen molar-refractivity contribution in [3.63, 3.8) is 0 Å². The Balaban J connectivity index is 0. The second-order valence-electron chi connectivity index (χ2n) is 0.984. The lowest BCUT2D eigenvalue weighted by molar-refractivity contribution is -0.142. The molecule has 0 amide bonds. The van der Waals surface area contributed by atoms with Crippen LogP contribution in [0.4, 0.5) is 0 Å². The van der Waals surface area contributed by atoms with Crippen molar-refractivity contribution in [2.75, 3.05) is 0 Å². The fourth-order valence-electron chi connectivity index (χ4n) is 0. The van der Waals surface area contributed by atoms with Crippen molar-refractivity contribution in [2.24, 2.45) is 0 Å². The van der Waals surface area contributed by atoms with Crippen LogP contribution in [0.5, 0.6) is 0 Å². The third kappa shape index (κ3) is 5.59. The van der Waals surface area contributed by atoms with Gasteiger partial charge in [0.15, 0.2) is 5.78 Å². The zero-order chi connectivity index (χ0) is 5.15. The Morgan fingerprint density at radius 2 is 1.71 bits per heavy atom. The summed E-state index contributed by atoms with van der Waals surface area (Å²) >= 11 is 0. The summed E-state index contributed by atoms with van der Waals surface area (Å²) in [6, 6.07) is 0. The summed E-state index contributed by atoms with van der Waals surface area (Å²) in [5.74, 6) is -0.630. The lowest BCUT2D eigenvalue weighted by atomic mass is 10.4. The van der Waals surface area contributed by atoms with Gasteiger partial charge in [0.2, 0.25) is 6.29 Å². The molecule has 0 rings (SSSR count). The molecule has 44 valence electrons. The number of rotatable bonds is 1. The Morgan fingerprint density at radius 3 is 1.71 bits per heavy atom. The molecule has 3 heteroatoms. The summed E-state index contributed by atoms with van der Waals surface area (Å²) in [4.78, 5) is 9.64. The van der Waals surface area contributed by atoms with E-state index in [2.05, 4.69) is 0 Å². The molecule has 0 atom stereocenters. The number of carbonyl (C=O) groups excluding carboxylic acids is 1. The molecule has 0 saturated carbocycles. The summed E-state index contributed by atoms with van der Waals surface area (Å²) in [5.41, 5.74) is 0. The second-order valence-corrected chi connectivity index (χ2v) is 0.984. The van der Waals surface area contributed by atoms with E-state index in [1.165, 1.54) is 0 Å². The highest BCUT2D eigenvalue weighted by Gasteiger charge is 1.99. The monoisotopic (exact) mass is 106 g/mol. The third-order valence-corrected chi connectivity index (χ3v) is 0.364. The number of hydrogen-bond donors (Lipinski definition) is 2. The number of Topliss-reactive ketones (excluding diaryl/α,β-unsaturated/α-hetero) is 1. The first-order valence-electron chi connectivity index (χ1n) is 1.51. The first kappa shape index (κ1) is 9.77. The van der Waals surface area contributed by atoms with Crippen LogP contribution < -0.4 is 0 Å². The van der Waals surface area contributed by atoms with Crippen molar-refractivity contribution in [1.29, 1.82) is 0 Å². The largest absolute Gasteiger partial charge is 0.362 e. The van der Waals surface area contributed by atoms with Gasteiger partial charge < -0.3 is 10.2 Å². The molecule has 0 aromatic heterocycles. The standard InChI is InChI=1S/C3H6O3.CH4/c1-2(4)3(5)6;/h3,5-6H,1H3;1H4. The summed E-state index contributed by atoms with van der Waals surface area (Å²) in [7, 11) is 0. The number of ketones is 1. The first-order valence-corrected chi connectivity index (χ1v) is 1.51. The lowest BCUT2D eigenvalue weighted by Gasteiger charge is -1.90. The number of aliphatic hydroxyl groups is 2. The molecule has 0 aliphatic carbocycles. The Labute approximate surface area is 42.6 Å². The molecule has 2 N–H and O–H groups in total. The zero-order valence-corrected chi connectivity index (χ0v) is 3.38. The molecule has 0 aliphatic heterocycles. The normalized spacial score (nSPS) is 8.00. The van der Waals surface area contributed by atoms with Gasteiger partial charge in [0.25, 0.3) is 0 Å². The van der Waals surface area contributed by atoms with Gasteiger partial charge in [0, 0.05) is 0 Å². The molecular weight excluding hydrogens is 96.0 g/mol. The number of carbonyl (C=O) groups is 1. The van der Waals surface area contributed by atoms with Gasteiger partial charge >= 0.3 is 0 Å². The van der Waals surface area contributed by atoms with Gasteiger partial charge in [-0.25, -0.2) is 0 Å². The number of aliphatic hydroxyl groups excluding tert-OH is 1. The van der Waals surface area contributed by atoms with E-state index in [1.807, 2.05) is 0 Å². The highest BCUT2D eigenvalue weighted by Crippen LogP contribution is 1.72. The quantitative estimate of drug-likeness (QED) is 0.444. The van der Waals surface area contributed by atoms with Crippen LogP contribution in [0, 0.1) is 0 Å². The Kier molecular flexibility index (Phi) is 5.26. The van der Waals surface area contributed by atoms with Crippen molar-refractivity contribution in [1.82, 2.24) is 0 Å². The molecule has 0 aromatic carbocycles. The van der Waals surface area contributed by atoms with Crippen LogP contribution in [0.3, 0.4) is 0 Å². The molecule has 3 nitrogen and oxygen atoms in total. The first-order chi connectivity index (χ1) is 2.64. The van der Waals surface area contributed by atoms with Gasteiger partial charge in [-0.05, 0) is 6.92 Å². The SMILES string of the molecule is C.CC(=O)C(O)O. The van der Waals surface area contributed by atoms with E-state index in [-0.39, 0.29) is 7.43 Å². The van der Waals surface area contributed by atoms with Crippen LogP contribution in [0.2, 0.25) is 0 Å². The smallest absolute Gasteiger partial charge is 0.212 e. The molecule has 0 radical (unpaired) electrons. The number of hydrogen-bond acceptors (Lipinski definition) is 3. The minimum absolute atomic E-state index is 0. The summed E-state index contributed by atoms with van der Waals surface area (Å²) in [6.07, 6.45) is -1.79. The van der Waals surface area contributed by atoms with E-state index in [0.717, 1.165) is 6.92 Å². The molecule has 0 unspecified atom stereocenters. The topological polar surface area (TPSA) is 57.5 Å². The Morgan fingerprint density at radius 1 is 1.57 bits per heavy atom. The molecule has 0 aliphatic rings. The fraction of sp³-hybridized carbons (Fsp3) is 0.750. The summed E-state index contributed by atoms with van der Waals surface area (Å²) in [6.45, 7) is 1.10. The molecular formula is C4H10O3. The highest BCUT2D eigenvalue weighted by atomic mass is 16.5. The molecule has 0 heterocycles. The lowest BCUT2D eigenvalue weighted by Crippen LogP contribution is -2.14. The highest BCUT2D eigenvalue weighted by molar-refractivity contribution is 5.78. The van der Waals surface area contributed by atoms with Crippen LogP contribution in [0.25, 0.3) is 0 Å². The van der Waals surface area contributed by atoms with Gasteiger partial charge in [-0.15, -0.1) is 0 Å². The summed E-state index contributed by atoms with van der Waals surface area (Å²) < 4.78 is 0. The molecule has 0 aromatic rings. The maximum Gasteiger partial charge on any atom is 0.212 e. The van der Waals surface area contributed by atoms with E-state index in [1.54, 1.807) is 0 Å². The zero-order valence-electron chi connectivity index (χ0n) is 3.38. The molecule has 0 saturated heterocycles. The fourth-order valence-corrected chi connectivity index (χ4v) is 0. The van der Waals surface area contributed by atoms with E-state index in [4.69, 9.17) is 10.2 Å². The van der Waals surface area contributed by atoms with Gasteiger partial charge in [-0.2, -0.15) is 0 Å². The van der Waals surface area contributed by atoms with Gasteiger partial charge in [-0.1, -0.05) is 7.43 Å². The van der Waals surface area contributed by atoms with E-state index in [0.29, 0.717) is 0 Å². The van der Waals surface area contributed by atoms with Crippen LogP contribution in [-0.4, -0.2) is 22.3 Å².